The second-order valence-corrected chi connectivity index (χ2v) is 10.0. The minimum Gasteiger partial charge on any atom is -0.457 e. The molecule has 0 saturated heterocycles. The highest BCUT2D eigenvalue weighted by molar-refractivity contribution is 5.99. The van der Waals surface area contributed by atoms with Crippen LogP contribution in [-0.4, -0.2) is 36.7 Å². The van der Waals surface area contributed by atoms with E-state index in [1.54, 1.807) is 24.3 Å². The molecule has 2 fully saturated rings. The van der Waals surface area contributed by atoms with E-state index in [1.165, 1.54) is 0 Å². The molecule has 2 aromatic rings. The molecular formula is C29H32O6. The Morgan fingerprint density at radius 2 is 1.06 bits per heavy atom. The minimum absolute atomic E-state index is 0.0391. The molecule has 6 nitrogen and oxygen atoms in total. The van der Waals surface area contributed by atoms with Crippen LogP contribution in [0.25, 0.3) is 0 Å². The third kappa shape index (κ3) is 5.21. The smallest absolute Gasteiger partial charge is 0.310 e. The summed E-state index contributed by atoms with van der Waals surface area (Å²) in [4.78, 5) is 51.1. The number of hydrogen-bond donors (Lipinski definition) is 0. The Hall–Kier alpha value is -3.28. The normalized spacial score (nSPS) is 22.6. The van der Waals surface area contributed by atoms with Crippen LogP contribution in [0.3, 0.4) is 0 Å². The summed E-state index contributed by atoms with van der Waals surface area (Å²) in [6.07, 6.45) is 2.46. The van der Waals surface area contributed by atoms with Crippen molar-refractivity contribution >= 4 is 23.5 Å². The topological polar surface area (TPSA) is 86.7 Å². The van der Waals surface area contributed by atoms with Gasteiger partial charge in [-0.05, 0) is 93.2 Å². The van der Waals surface area contributed by atoms with Crippen molar-refractivity contribution in [3.63, 3.8) is 0 Å². The summed E-state index contributed by atoms with van der Waals surface area (Å²) in [6, 6.07) is 10.8. The molecule has 35 heavy (non-hydrogen) atoms. The van der Waals surface area contributed by atoms with E-state index in [0.29, 0.717) is 11.1 Å². The van der Waals surface area contributed by atoms with Gasteiger partial charge in [-0.3, -0.25) is 19.2 Å². The van der Waals surface area contributed by atoms with Crippen molar-refractivity contribution in [1.82, 2.24) is 0 Å². The highest BCUT2D eigenvalue weighted by atomic mass is 16.5. The summed E-state index contributed by atoms with van der Waals surface area (Å²) < 4.78 is 10.8. The van der Waals surface area contributed by atoms with Crippen LogP contribution in [0.1, 0.15) is 62.2 Å². The number of fused-ring (bicyclic) bond motifs is 2. The van der Waals surface area contributed by atoms with Crippen LogP contribution in [0.2, 0.25) is 0 Å². The molecule has 4 rings (SSSR count). The van der Waals surface area contributed by atoms with E-state index < -0.39 is 23.8 Å². The van der Waals surface area contributed by atoms with Crippen molar-refractivity contribution < 1.29 is 28.7 Å². The van der Waals surface area contributed by atoms with Crippen LogP contribution in [0, 0.1) is 51.4 Å². The Labute approximate surface area is 206 Å². The fourth-order valence-corrected chi connectivity index (χ4v) is 5.43. The largest absolute Gasteiger partial charge is 0.457 e. The predicted octanol–water partition coefficient (Wildman–Crippen LogP) is 4.73. The van der Waals surface area contributed by atoms with E-state index in [2.05, 4.69) is 0 Å². The molecule has 0 aromatic heterocycles. The van der Waals surface area contributed by atoms with Crippen LogP contribution in [0.15, 0.2) is 36.4 Å². The third-order valence-electron chi connectivity index (χ3n) is 7.81. The standard InChI is InChI=1S/C29H32O6/c1-16-5-7-20(11-18(16)3)24(30)14-34-28(32)26-22-9-10-23(13-22)27(26)29(33)35-15-25(31)21-8-6-17(2)19(4)12-21/h5-8,11-12,22-23,26-27H,9-10,13-15H2,1-4H3/t22-,23-,26-,27+/m1/s1. The monoisotopic (exact) mass is 476 g/mol. The molecule has 0 unspecified atom stereocenters. The Morgan fingerprint density at radius 3 is 1.43 bits per heavy atom. The Morgan fingerprint density at radius 1 is 0.657 bits per heavy atom. The lowest BCUT2D eigenvalue weighted by Crippen LogP contribution is -2.38. The number of aryl methyl sites for hydroxylation is 4. The number of rotatable bonds is 8. The maximum Gasteiger partial charge on any atom is 0.310 e. The van der Waals surface area contributed by atoms with Crippen LogP contribution >= 0.6 is 0 Å². The van der Waals surface area contributed by atoms with Crippen LogP contribution in [0.5, 0.6) is 0 Å². The van der Waals surface area contributed by atoms with Gasteiger partial charge < -0.3 is 9.47 Å². The molecule has 6 heteroatoms. The molecule has 2 aliphatic rings. The first-order valence-electron chi connectivity index (χ1n) is 12.2. The maximum absolute atomic E-state index is 13.0. The first-order chi connectivity index (χ1) is 16.7. The van der Waals surface area contributed by atoms with Crippen molar-refractivity contribution in [3.05, 3.63) is 69.8 Å². The van der Waals surface area contributed by atoms with Crippen LogP contribution in [0.4, 0.5) is 0 Å². The van der Waals surface area contributed by atoms with Gasteiger partial charge >= 0.3 is 11.9 Å². The Bertz CT molecular complexity index is 1090. The summed E-state index contributed by atoms with van der Waals surface area (Å²) in [7, 11) is 0. The Balaban J connectivity index is 1.37. The zero-order valence-electron chi connectivity index (χ0n) is 20.8. The number of ketones is 2. The second-order valence-electron chi connectivity index (χ2n) is 10.0. The fourth-order valence-electron chi connectivity index (χ4n) is 5.43. The molecule has 0 spiro atoms. The van der Waals surface area contributed by atoms with E-state index in [4.69, 9.17) is 9.47 Å². The molecule has 4 atom stereocenters. The van der Waals surface area contributed by atoms with Crippen molar-refractivity contribution in [2.75, 3.05) is 13.2 Å². The first kappa shape index (κ1) is 24.8. The van der Waals surface area contributed by atoms with Gasteiger partial charge in [0, 0.05) is 11.1 Å². The van der Waals surface area contributed by atoms with Crippen molar-refractivity contribution in [2.24, 2.45) is 23.7 Å². The molecule has 0 radical (unpaired) electrons. The highest BCUT2D eigenvalue weighted by Crippen LogP contribution is 2.53. The zero-order chi connectivity index (χ0) is 25.3. The second kappa shape index (κ2) is 10.1. The number of carbonyl (C=O) groups excluding carboxylic acids is 4. The fraction of sp³-hybridized carbons (Fsp3) is 0.448. The summed E-state index contributed by atoms with van der Waals surface area (Å²) in [5.74, 6) is -2.80. The number of esters is 2. The molecule has 2 saturated carbocycles. The Kier molecular flexibility index (Phi) is 7.20. The van der Waals surface area contributed by atoms with Crippen molar-refractivity contribution in [1.29, 1.82) is 0 Å². The quantitative estimate of drug-likeness (QED) is 0.404. The van der Waals surface area contributed by atoms with Gasteiger partial charge in [-0.2, -0.15) is 0 Å². The molecule has 2 aliphatic carbocycles. The van der Waals surface area contributed by atoms with Gasteiger partial charge in [0.1, 0.15) is 0 Å². The van der Waals surface area contributed by atoms with Gasteiger partial charge in [0.2, 0.25) is 0 Å². The van der Waals surface area contributed by atoms with Crippen LogP contribution in [-0.2, 0) is 19.1 Å². The average molecular weight is 477 g/mol. The number of Topliss-reactive ketones (excluding diaryl/α,β-unsaturated/α-hetero) is 2. The van der Waals surface area contributed by atoms with E-state index in [1.807, 2.05) is 39.8 Å². The molecule has 0 N–H and O–H groups in total. The van der Waals surface area contributed by atoms with E-state index >= 15 is 0 Å². The maximum atomic E-state index is 13.0. The number of ether oxygens (including phenoxy) is 2. The molecule has 2 aromatic carbocycles. The number of carbonyl (C=O) groups is 4. The zero-order valence-corrected chi connectivity index (χ0v) is 20.8. The van der Waals surface area contributed by atoms with Gasteiger partial charge in [-0.25, -0.2) is 0 Å². The van der Waals surface area contributed by atoms with E-state index in [9.17, 15) is 19.2 Å². The summed E-state index contributed by atoms with van der Waals surface area (Å²) in [6.45, 7) is 7.06. The summed E-state index contributed by atoms with van der Waals surface area (Å²) >= 11 is 0. The molecule has 0 aliphatic heterocycles. The van der Waals surface area contributed by atoms with E-state index in [-0.39, 0.29) is 36.6 Å². The molecule has 0 amide bonds. The van der Waals surface area contributed by atoms with Gasteiger partial charge in [-0.1, -0.05) is 24.3 Å². The van der Waals surface area contributed by atoms with Gasteiger partial charge in [-0.15, -0.1) is 0 Å². The van der Waals surface area contributed by atoms with Gasteiger partial charge in [0.15, 0.2) is 24.8 Å². The lowest BCUT2D eigenvalue weighted by atomic mass is 9.79. The van der Waals surface area contributed by atoms with Crippen LogP contribution < -0.4 is 0 Å². The minimum atomic E-state index is -0.634. The summed E-state index contributed by atoms with van der Waals surface area (Å²) in [5, 5.41) is 0. The first-order valence-corrected chi connectivity index (χ1v) is 12.2. The molecule has 184 valence electrons. The predicted molar refractivity (Wildman–Crippen MR) is 130 cm³/mol. The number of hydrogen-bond acceptors (Lipinski definition) is 6. The third-order valence-corrected chi connectivity index (χ3v) is 7.81. The van der Waals surface area contributed by atoms with E-state index in [0.717, 1.165) is 41.5 Å². The highest BCUT2D eigenvalue weighted by Gasteiger charge is 2.55. The lowest BCUT2D eigenvalue weighted by molar-refractivity contribution is -0.162. The lowest BCUT2D eigenvalue weighted by Gasteiger charge is -2.27. The van der Waals surface area contributed by atoms with Crippen molar-refractivity contribution in [3.8, 4) is 0 Å². The summed E-state index contributed by atoms with van der Waals surface area (Å²) in [5.41, 5.74) is 5.14. The van der Waals surface area contributed by atoms with Crippen molar-refractivity contribution in [2.45, 2.75) is 47.0 Å². The molecule has 0 heterocycles. The SMILES string of the molecule is Cc1ccc(C(=O)COC(=O)[C@@H]2[C@@H]3CC[C@H](C3)[C@@H]2C(=O)OCC(=O)c2ccc(C)c(C)c2)cc1C. The molecular weight excluding hydrogens is 444 g/mol. The molecule has 2 bridgehead atoms. The van der Waals surface area contributed by atoms with Gasteiger partial charge in [0.25, 0.3) is 0 Å². The van der Waals surface area contributed by atoms with Gasteiger partial charge in [0.05, 0.1) is 11.8 Å². The number of benzene rings is 2. The average Bonchev–Trinajstić information content (AvgIpc) is 3.46.